The van der Waals surface area contributed by atoms with Crippen molar-refractivity contribution in [1.29, 1.82) is 0 Å². The molecular weight excluding hydrogens is 325 g/mol. The summed E-state index contributed by atoms with van der Waals surface area (Å²) in [5.41, 5.74) is 7.70. The third-order valence-electron chi connectivity index (χ3n) is 5.21. The molecule has 1 unspecified atom stereocenters. The lowest BCUT2D eigenvalue weighted by atomic mass is 9.77. The predicted octanol–water partition coefficient (Wildman–Crippen LogP) is 4.20. The van der Waals surface area contributed by atoms with Crippen LogP contribution in [0.25, 0.3) is 0 Å². The lowest BCUT2D eigenvalue weighted by molar-refractivity contribution is 0.161. The van der Waals surface area contributed by atoms with Crippen LogP contribution in [0.2, 0.25) is 0 Å². The standard InChI is InChI=1S/C20H23F3N2/c1-25(12-13-5-3-2-4-6-13)14-7-8-15(20(24)9-14)16-10-18(22)19(23)11-17(16)21/h2-6,10-11,14-15,20H,7-9,12,24H2,1H3/t14-,15?,20-/m0/s1. The van der Waals surface area contributed by atoms with Crippen molar-refractivity contribution < 1.29 is 13.2 Å². The Morgan fingerprint density at radius 3 is 2.36 bits per heavy atom. The Hall–Kier alpha value is -1.85. The topological polar surface area (TPSA) is 29.3 Å². The van der Waals surface area contributed by atoms with E-state index in [4.69, 9.17) is 5.73 Å². The average molecular weight is 348 g/mol. The Kier molecular flexibility index (Phi) is 5.45. The molecule has 0 amide bonds. The molecule has 2 N–H and O–H groups in total. The van der Waals surface area contributed by atoms with Gasteiger partial charge in [0, 0.05) is 30.6 Å². The van der Waals surface area contributed by atoms with Gasteiger partial charge in [-0.2, -0.15) is 0 Å². The molecule has 1 saturated carbocycles. The number of nitrogens with two attached hydrogens (primary N) is 1. The van der Waals surface area contributed by atoms with Crippen LogP contribution in [0.4, 0.5) is 13.2 Å². The molecule has 2 aromatic carbocycles. The van der Waals surface area contributed by atoms with Crippen molar-refractivity contribution in [3.63, 3.8) is 0 Å². The van der Waals surface area contributed by atoms with Crippen molar-refractivity contribution in [1.82, 2.24) is 4.90 Å². The van der Waals surface area contributed by atoms with E-state index in [1.54, 1.807) is 0 Å². The summed E-state index contributed by atoms with van der Waals surface area (Å²) in [6.45, 7) is 0.822. The number of benzene rings is 2. The van der Waals surface area contributed by atoms with E-state index < -0.39 is 17.5 Å². The molecule has 3 rings (SSSR count). The van der Waals surface area contributed by atoms with Gasteiger partial charge in [0.25, 0.3) is 0 Å². The van der Waals surface area contributed by atoms with Gasteiger partial charge in [-0.25, -0.2) is 13.2 Å². The molecule has 1 aliphatic carbocycles. The van der Waals surface area contributed by atoms with E-state index in [-0.39, 0.29) is 17.5 Å². The minimum absolute atomic E-state index is 0.190. The third-order valence-corrected chi connectivity index (χ3v) is 5.21. The van der Waals surface area contributed by atoms with Crippen LogP contribution < -0.4 is 5.73 Å². The second-order valence-electron chi connectivity index (χ2n) is 6.93. The van der Waals surface area contributed by atoms with E-state index in [1.807, 2.05) is 18.2 Å². The van der Waals surface area contributed by atoms with Gasteiger partial charge in [-0.15, -0.1) is 0 Å². The Morgan fingerprint density at radius 2 is 1.68 bits per heavy atom. The number of rotatable bonds is 4. The number of halogens is 3. The van der Waals surface area contributed by atoms with Gasteiger partial charge in [-0.05, 0) is 43.5 Å². The van der Waals surface area contributed by atoms with Crippen molar-refractivity contribution in [2.24, 2.45) is 5.73 Å². The van der Waals surface area contributed by atoms with E-state index in [0.29, 0.717) is 24.9 Å². The molecule has 0 aliphatic heterocycles. The van der Waals surface area contributed by atoms with Crippen LogP contribution in [0.5, 0.6) is 0 Å². The highest BCUT2D eigenvalue weighted by Gasteiger charge is 2.33. The summed E-state index contributed by atoms with van der Waals surface area (Å²) in [6, 6.07) is 11.8. The molecule has 0 heterocycles. The van der Waals surface area contributed by atoms with Crippen molar-refractivity contribution in [3.8, 4) is 0 Å². The van der Waals surface area contributed by atoms with Gasteiger partial charge in [0.15, 0.2) is 11.6 Å². The summed E-state index contributed by atoms with van der Waals surface area (Å²) < 4.78 is 40.7. The van der Waals surface area contributed by atoms with Gasteiger partial charge in [0.2, 0.25) is 0 Å². The first-order valence-corrected chi connectivity index (χ1v) is 8.60. The van der Waals surface area contributed by atoms with E-state index in [1.165, 1.54) is 5.56 Å². The summed E-state index contributed by atoms with van der Waals surface area (Å²) in [6.07, 6.45) is 2.21. The maximum atomic E-state index is 14.1. The van der Waals surface area contributed by atoms with Gasteiger partial charge in [-0.3, -0.25) is 4.90 Å². The summed E-state index contributed by atoms with van der Waals surface area (Å²) in [7, 11) is 2.06. The van der Waals surface area contributed by atoms with Crippen LogP contribution >= 0.6 is 0 Å². The molecule has 0 radical (unpaired) electrons. The van der Waals surface area contributed by atoms with E-state index in [9.17, 15) is 13.2 Å². The molecule has 1 aliphatic rings. The Bertz CT molecular complexity index is 720. The molecule has 0 bridgehead atoms. The van der Waals surface area contributed by atoms with Crippen LogP contribution in [0.3, 0.4) is 0 Å². The minimum Gasteiger partial charge on any atom is -0.327 e. The molecule has 134 valence electrons. The summed E-state index contributed by atoms with van der Waals surface area (Å²) in [4.78, 5) is 2.26. The molecule has 3 atom stereocenters. The molecule has 1 fully saturated rings. The fraction of sp³-hybridized carbons (Fsp3) is 0.400. The molecular formula is C20H23F3N2. The highest BCUT2D eigenvalue weighted by molar-refractivity contribution is 5.26. The van der Waals surface area contributed by atoms with Crippen molar-refractivity contribution in [3.05, 3.63) is 71.0 Å². The average Bonchev–Trinajstić information content (AvgIpc) is 2.59. The van der Waals surface area contributed by atoms with Crippen LogP contribution in [0.15, 0.2) is 42.5 Å². The van der Waals surface area contributed by atoms with Gasteiger partial charge in [-0.1, -0.05) is 30.3 Å². The maximum Gasteiger partial charge on any atom is 0.161 e. The first kappa shape index (κ1) is 18.0. The zero-order valence-electron chi connectivity index (χ0n) is 14.3. The first-order valence-electron chi connectivity index (χ1n) is 8.60. The highest BCUT2D eigenvalue weighted by Crippen LogP contribution is 2.36. The number of hydrogen-bond donors (Lipinski definition) is 1. The molecule has 2 nitrogen and oxygen atoms in total. The predicted molar refractivity (Wildman–Crippen MR) is 92.6 cm³/mol. The third kappa shape index (κ3) is 4.05. The van der Waals surface area contributed by atoms with Gasteiger partial charge < -0.3 is 5.73 Å². The SMILES string of the molecule is CN(Cc1ccccc1)[C@H]1CCC(c2cc(F)c(F)cc2F)[C@@H](N)C1. The zero-order valence-corrected chi connectivity index (χ0v) is 14.3. The lowest BCUT2D eigenvalue weighted by Gasteiger charge is -2.39. The van der Waals surface area contributed by atoms with Crippen LogP contribution in [-0.4, -0.2) is 24.0 Å². The van der Waals surface area contributed by atoms with Gasteiger partial charge >= 0.3 is 0 Å². The second-order valence-corrected chi connectivity index (χ2v) is 6.93. The lowest BCUT2D eigenvalue weighted by Crippen LogP contribution is -2.44. The number of nitrogens with zero attached hydrogens (tertiary/aromatic N) is 1. The second kappa shape index (κ2) is 7.58. The van der Waals surface area contributed by atoms with E-state index in [2.05, 4.69) is 24.1 Å². The van der Waals surface area contributed by atoms with Gasteiger partial charge in [0.1, 0.15) is 5.82 Å². The number of hydrogen-bond acceptors (Lipinski definition) is 2. The minimum atomic E-state index is -1.16. The molecule has 0 spiro atoms. The summed E-state index contributed by atoms with van der Waals surface area (Å²) >= 11 is 0. The zero-order chi connectivity index (χ0) is 18.0. The van der Waals surface area contributed by atoms with Crippen molar-refractivity contribution in [2.75, 3.05) is 7.05 Å². The molecule has 0 aromatic heterocycles. The fourth-order valence-electron chi connectivity index (χ4n) is 3.79. The highest BCUT2D eigenvalue weighted by atomic mass is 19.2. The summed E-state index contributed by atoms with van der Waals surface area (Å²) in [5.74, 6) is -3.18. The normalized spacial score (nSPS) is 23.8. The van der Waals surface area contributed by atoms with Crippen LogP contribution in [0, 0.1) is 17.5 Å². The molecule has 0 saturated heterocycles. The first-order chi connectivity index (χ1) is 12.0. The molecule has 2 aromatic rings. The summed E-state index contributed by atoms with van der Waals surface area (Å²) in [5, 5.41) is 0. The molecule has 25 heavy (non-hydrogen) atoms. The van der Waals surface area contributed by atoms with Crippen LogP contribution in [0.1, 0.15) is 36.3 Å². The smallest absolute Gasteiger partial charge is 0.161 e. The largest absolute Gasteiger partial charge is 0.327 e. The van der Waals surface area contributed by atoms with Crippen LogP contribution in [-0.2, 0) is 6.54 Å². The molecule has 5 heteroatoms. The maximum absolute atomic E-state index is 14.1. The quantitative estimate of drug-likeness (QED) is 0.839. The Labute approximate surface area is 146 Å². The van der Waals surface area contributed by atoms with Crippen molar-refractivity contribution >= 4 is 0 Å². The van der Waals surface area contributed by atoms with Crippen molar-refractivity contribution in [2.45, 2.75) is 43.8 Å². The Balaban J connectivity index is 1.67. The van der Waals surface area contributed by atoms with Gasteiger partial charge in [0.05, 0.1) is 0 Å². The fourth-order valence-corrected chi connectivity index (χ4v) is 3.79. The monoisotopic (exact) mass is 348 g/mol. The van der Waals surface area contributed by atoms with E-state index >= 15 is 0 Å². The Morgan fingerprint density at radius 1 is 1.00 bits per heavy atom. The van der Waals surface area contributed by atoms with E-state index in [0.717, 1.165) is 19.0 Å².